The van der Waals surface area contributed by atoms with Crippen LogP contribution in [0.25, 0.3) is 0 Å². The molecule has 2 nitrogen and oxygen atoms in total. The van der Waals surface area contributed by atoms with Crippen LogP contribution in [0.4, 0.5) is 0 Å². The summed E-state index contributed by atoms with van der Waals surface area (Å²) < 4.78 is 0. The molecule has 5 aliphatic rings. The molecule has 192 valence electrons. The van der Waals surface area contributed by atoms with Gasteiger partial charge in [0.05, 0.1) is 10.8 Å². The maximum atomic E-state index is 13.7. The second-order valence-electron chi connectivity index (χ2n) is 13.6. The molecular weight excluding hydrogens is 416 g/mol. The highest BCUT2D eigenvalue weighted by atomic mass is 16.2. The fourth-order valence-corrected chi connectivity index (χ4v) is 9.69. The minimum absolute atomic E-state index is 0.403. The summed E-state index contributed by atoms with van der Waals surface area (Å²) in [7, 11) is 0. The molecular formula is C32H52O2. The second kappa shape index (κ2) is 10.4. The van der Waals surface area contributed by atoms with Gasteiger partial charge >= 0.3 is 0 Å². The lowest BCUT2D eigenvalue weighted by molar-refractivity contribution is -0.179. The van der Waals surface area contributed by atoms with Gasteiger partial charge in [-0.05, 0) is 113 Å². The number of ketones is 2. The van der Waals surface area contributed by atoms with Crippen LogP contribution in [0.5, 0.6) is 0 Å². The van der Waals surface area contributed by atoms with Crippen molar-refractivity contribution < 1.29 is 9.59 Å². The largest absolute Gasteiger partial charge is 0.297 e. The Kier molecular flexibility index (Phi) is 7.63. The first-order valence-corrected chi connectivity index (χ1v) is 15.6. The predicted molar refractivity (Wildman–Crippen MR) is 140 cm³/mol. The summed E-state index contributed by atoms with van der Waals surface area (Å²) in [5.41, 5.74) is -1.08. The summed E-state index contributed by atoms with van der Waals surface area (Å²) in [6.45, 7) is 4.64. The van der Waals surface area contributed by atoms with Crippen molar-refractivity contribution in [2.45, 2.75) is 142 Å². The monoisotopic (exact) mass is 468 g/mol. The average molecular weight is 469 g/mol. The van der Waals surface area contributed by atoms with Crippen molar-refractivity contribution in [2.75, 3.05) is 0 Å². The van der Waals surface area contributed by atoms with Crippen molar-refractivity contribution >= 4 is 11.6 Å². The number of unbranched alkanes of at least 4 members (excludes halogenated alkanes) is 1. The summed E-state index contributed by atoms with van der Waals surface area (Å²) in [4.78, 5) is 27.4. The van der Waals surface area contributed by atoms with Crippen molar-refractivity contribution in [1.29, 1.82) is 0 Å². The molecule has 0 radical (unpaired) electrons. The number of carbonyl (C=O) groups excluding carboxylic acids is 2. The lowest BCUT2D eigenvalue weighted by Crippen LogP contribution is -2.68. The third kappa shape index (κ3) is 4.36. The zero-order valence-corrected chi connectivity index (χ0v) is 22.4. The van der Waals surface area contributed by atoms with Crippen LogP contribution in [-0.2, 0) is 9.59 Å². The summed E-state index contributed by atoms with van der Waals surface area (Å²) >= 11 is 0. The minimum atomic E-state index is -0.541. The van der Waals surface area contributed by atoms with E-state index in [4.69, 9.17) is 0 Å². The van der Waals surface area contributed by atoms with Crippen molar-refractivity contribution in [3.63, 3.8) is 0 Å². The van der Waals surface area contributed by atoms with Gasteiger partial charge in [-0.3, -0.25) is 9.59 Å². The third-order valence-electron chi connectivity index (χ3n) is 12.2. The maximum absolute atomic E-state index is 13.7. The molecule has 2 heteroatoms. The topological polar surface area (TPSA) is 34.1 Å². The molecule has 0 aromatic heterocycles. The van der Waals surface area contributed by atoms with Gasteiger partial charge in [0.25, 0.3) is 0 Å². The van der Waals surface area contributed by atoms with Gasteiger partial charge < -0.3 is 0 Å². The summed E-state index contributed by atoms with van der Waals surface area (Å²) in [5, 5.41) is 0. The van der Waals surface area contributed by atoms with Crippen molar-refractivity contribution in [1.82, 2.24) is 0 Å². The highest BCUT2D eigenvalue weighted by Crippen LogP contribution is 2.63. The first-order valence-electron chi connectivity index (χ1n) is 15.6. The Morgan fingerprint density at radius 1 is 0.559 bits per heavy atom. The van der Waals surface area contributed by atoms with Gasteiger partial charge in [0.2, 0.25) is 0 Å². The van der Waals surface area contributed by atoms with E-state index in [1.165, 1.54) is 77.0 Å². The van der Waals surface area contributed by atoms with Crippen LogP contribution in [0, 0.1) is 46.3 Å². The van der Waals surface area contributed by atoms with Crippen LogP contribution in [0.15, 0.2) is 0 Å². The van der Waals surface area contributed by atoms with Crippen molar-refractivity contribution in [3.8, 4) is 0 Å². The summed E-state index contributed by atoms with van der Waals surface area (Å²) in [6, 6.07) is 0. The first-order chi connectivity index (χ1) is 16.5. The summed E-state index contributed by atoms with van der Waals surface area (Å²) in [5.74, 6) is 6.02. The normalized spacial score (nSPS) is 45.5. The molecule has 5 rings (SSSR count). The highest BCUT2D eigenvalue weighted by molar-refractivity contribution is 6.30. The lowest BCUT2D eigenvalue weighted by Gasteiger charge is -2.58. The average Bonchev–Trinajstić information content (AvgIpc) is 2.92. The molecule has 5 saturated carbocycles. The van der Waals surface area contributed by atoms with E-state index in [9.17, 15) is 9.59 Å². The van der Waals surface area contributed by atoms with Crippen LogP contribution in [-0.4, -0.2) is 11.6 Å². The fraction of sp³-hybridized carbons (Fsp3) is 0.938. The Bertz CT molecular complexity index is 685. The number of Topliss-reactive ketones (excluding diaryl/α,β-unsaturated/α-hetero) is 2. The van der Waals surface area contributed by atoms with E-state index in [0.717, 1.165) is 86.9 Å². The molecule has 0 aromatic rings. The van der Waals surface area contributed by atoms with E-state index in [0.29, 0.717) is 11.6 Å². The molecule has 0 heterocycles. The molecule has 0 aliphatic heterocycles. The minimum Gasteiger partial charge on any atom is -0.297 e. The van der Waals surface area contributed by atoms with E-state index >= 15 is 0 Å². The number of hydrogen-bond donors (Lipinski definition) is 0. The molecule has 0 N–H and O–H groups in total. The number of carbonyl (C=O) groups is 2. The zero-order chi connectivity index (χ0) is 23.8. The van der Waals surface area contributed by atoms with E-state index in [1.54, 1.807) is 0 Å². The fourth-order valence-electron chi connectivity index (χ4n) is 9.69. The Balaban J connectivity index is 1.10. The van der Waals surface area contributed by atoms with E-state index in [-0.39, 0.29) is 0 Å². The smallest absolute Gasteiger partial charge is 0.159 e. The molecule has 0 bridgehead atoms. The van der Waals surface area contributed by atoms with E-state index < -0.39 is 10.8 Å². The van der Waals surface area contributed by atoms with E-state index in [2.05, 4.69) is 13.8 Å². The molecule has 34 heavy (non-hydrogen) atoms. The summed E-state index contributed by atoms with van der Waals surface area (Å²) in [6.07, 6.45) is 24.9. The molecule has 0 atom stereocenters. The lowest BCUT2D eigenvalue weighted by atomic mass is 9.41. The van der Waals surface area contributed by atoms with Gasteiger partial charge in [0.15, 0.2) is 11.6 Å². The molecule has 0 amide bonds. The molecule has 5 fully saturated rings. The van der Waals surface area contributed by atoms with Crippen LogP contribution >= 0.6 is 0 Å². The quantitative estimate of drug-likeness (QED) is 0.365. The van der Waals surface area contributed by atoms with Gasteiger partial charge in [0, 0.05) is 0 Å². The second-order valence-corrected chi connectivity index (χ2v) is 13.6. The Morgan fingerprint density at radius 3 is 1.32 bits per heavy atom. The van der Waals surface area contributed by atoms with Gasteiger partial charge in [-0.15, -0.1) is 0 Å². The van der Waals surface area contributed by atoms with Gasteiger partial charge in [-0.2, -0.15) is 0 Å². The molecule has 0 saturated heterocycles. The van der Waals surface area contributed by atoms with E-state index in [1.807, 2.05) is 0 Å². The maximum Gasteiger partial charge on any atom is 0.159 e. The third-order valence-corrected chi connectivity index (χ3v) is 12.2. The van der Waals surface area contributed by atoms with Crippen molar-refractivity contribution in [2.24, 2.45) is 46.3 Å². The van der Waals surface area contributed by atoms with Crippen LogP contribution in [0.2, 0.25) is 0 Å². The first kappa shape index (κ1) is 25.0. The number of hydrogen-bond acceptors (Lipinski definition) is 2. The highest BCUT2D eigenvalue weighted by Gasteiger charge is 2.71. The van der Waals surface area contributed by atoms with Gasteiger partial charge in [-0.1, -0.05) is 65.2 Å². The Hall–Kier alpha value is -0.660. The standard InChI is InChI=1S/C32H52O2/c1-3-5-6-24-9-13-26(14-10-24)28-17-21-32(22-18-28)29(33)31(30(32)34)19-15-27(16-20-31)25-11-7-23(4-2)8-12-25/h23-28H,3-22H2,1-2H3. The predicted octanol–water partition coefficient (Wildman–Crippen LogP) is 8.70. The SMILES string of the molecule is CCCCC1CCC(C2CCC3(CC2)C(=O)C2(CCC(C4CCC(CC)CC4)CC2)C3=O)CC1. The van der Waals surface area contributed by atoms with Gasteiger partial charge in [-0.25, -0.2) is 0 Å². The number of rotatable bonds is 6. The zero-order valence-electron chi connectivity index (χ0n) is 22.4. The van der Waals surface area contributed by atoms with Crippen LogP contribution in [0.3, 0.4) is 0 Å². The van der Waals surface area contributed by atoms with Crippen LogP contribution in [0.1, 0.15) is 142 Å². The van der Waals surface area contributed by atoms with Crippen LogP contribution < -0.4 is 0 Å². The van der Waals surface area contributed by atoms with Gasteiger partial charge in [0.1, 0.15) is 0 Å². The Morgan fingerprint density at radius 2 is 0.941 bits per heavy atom. The Labute approximate surface area is 209 Å². The molecule has 5 aliphatic carbocycles. The molecule has 2 spiro atoms. The molecule has 0 aromatic carbocycles. The molecule has 0 unspecified atom stereocenters. The van der Waals surface area contributed by atoms with Crippen molar-refractivity contribution in [3.05, 3.63) is 0 Å².